The summed E-state index contributed by atoms with van der Waals surface area (Å²) in [7, 11) is -3.15. The van der Waals surface area contributed by atoms with Gasteiger partial charge < -0.3 is 9.88 Å². The van der Waals surface area contributed by atoms with Gasteiger partial charge in [0, 0.05) is 29.9 Å². The molecule has 27 heavy (non-hydrogen) atoms. The van der Waals surface area contributed by atoms with E-state index in [1.54, 1.807) is 36.8 Å². The monoisotopic (exact) mass is 383 g/mol. The summed E-state index contributed by atoms with van der Waals surface area (Å²) in [5.74, 6) is -0.323. The lowest BCUT2D eigenvalue weighted by atomic mass is 10.1. The van der Waals surface area contributed by atoms with E-state index in [1.807, 2.05) is 42.0 Å². The van der Waals surface area contributed by atoms with Crippen LogP contribution in [0.4, 0.5) is 0 Å². The van der Waals surface area contributed by atoms with Crippen molar-refractivity contribution in [2.75, 3.05) is 6.26 Å². The van der Waals surface area contributed by atoms with Gasteiger partial charge in [-0.1, -0.05) is 24.3 Å². The number of hydrogen-bond donors (Lipinski definition) is 1. The van der Waals surface area contributed by atoms with Crippen LogP contribution in [0.2, 0.25) is 0 Å². The molecule has 0 bridgehead atoms. The van der Waals surface area contributed by atoms with Crippen LogP contribution in [0.15, 0.2) is 67.3 Å². The zero-order valence-corrected chi connectivity index (χ0v) is 16.0. The van der Waals surface area contributed by atoms with E-state index in [9.17, 15) is 13.2 Å². The molecule has 0 aliphatic rings. The zero-order chi connectivity index (χ0) is 19.4. The summed E-state index contributed by atoms with van der Waals surface area (Å²) in [5.41, 5.74) is 3.00. The molecule has 6 nitrogen and oxygen atoms in total. The summed E-state index contributed by atoms with van der Waals surface area (Å²) in [6, 6.07) is 14.4. The van der Waals surface area contributed by atoms with E-state index in [-0.39, 0.29) is 17.7 Å². The Morgan fingerprint density at radius 1 is 1.19 bits per heavy atom. The summed E-state index contributed by atoms with van der Waals surface area (Å²) in [6.45, 7) is 1.91. The van der Waals surface area contributed by atoms with E-state index in [0.717, 1.165) is 11.3 Å². The molecule has 0 fully saturated rings. The number of carbonyl (C=O) groups excluding carboxylic acids is 1. The molecule has 1 amide bonds. The molecule has 0 unspecified atom stereocenters. The van der Waals surface area contributed by atoms with Gasteiger partial charge in [-0.05, 0) is 42.3 Å². The average Bonchev–Trinajstić information content (AvgIpc) is 3.15. The Kier molecular flexibility index (Phi) is 5.41. The number of amides is 1. The Morgan fingerprint density at radius 3 is 2.56 bits per heavy atom. The maximum Gasteiger partial charge on any atom is 0.251 e. The molecule has 2 aromatic carbocycles. The van der Waals surface area contributed by atoms with Crippen molar-refractivity contribution >= 4 is 15.7 Å². The van der Waals surface area contributed by atoms with Crippen molar-refractivity contribution in [1.82, 2.24) is 14.9 Å². The number of nitrogens with one attached hydrogen (secondary N) is 1. The lowest BCUT2D eigenvalue weighted by Gasteiger charge is -2.15. The summed E-state index contributed by atoms with van der Waals surface area (Å²) in [4.78, 5) is 16.6. The smallest absolute Gasteiger partial charge is 0.251 e. The third-order valence-electron chi connectivity index (χ3n) is 4.16. The van der Waals surface area contributed by atoms with E-state index in [2.05, 4.69) is 10.3 Å². The van der Waals surface area contributed by atoms with Crippen LogP contribution in [0.3, 0.4) is 0 Å². The van der Waals surface area contributed by atoms with Gasteiger partial charge in [0.1, 0.15) is 0 Å². The Morgan fingerprint density at radius 2 is 1.93 bits per heavy atom. The fraction of sp³-hybridized carbons (Fsp3) is 0.200. The highest BCUT2D eigenvalue weighted by Crippen LogP contribution is 2.17. The second-order valence-electron chi connectivity index (χ2n) is 6.53. The van der Waals surface area contributed by atoms with Crippen LogP contribution in [0, 0.1) is 0 Å². The van der Waals surface area contributed by atoms with Crippen molar-refractivity contribution in [3.63, 3.8) is 0 Å². The largest absolute Gasteiger partial charge is 0.346 e. The summed E-state index contributed by atoms with van der Waals surface area (Å²) in [5, 5.41) is 2.95. The first-order valence-corrected chi connectivity index (χ1v) is 10.5. The summed E-state index contributed by atoms with van der Waals surface area (Å²) >= 11 is 0. The molecule has 1 heterocycles. The molecule has 0 spiro atoms. The van der Waals surface area contributed by atoms with Crippen molar-refractivity contribution in [3.05, 3.63) is 83.9 Å². The highest BCUT2D eigenvalue weighted by atomic mass is 32.2. The molecule has 0 aliphatic heterocycles. The third kappa shape index (κ3) is 5.04. The molecule has 0 saturated carbocycles. The van der Waals surface area contributed by atoms with Crippen LogP contribution in [0.5, 0.6) is 0 Å². The number of carbonyl (C=O) groups is 1. The van der Waals surface area contributed by atoms with Gasteiger partial charge in [-0.15, -0.1) is 0 Å². The van der Waals surface area contributed by atoms with Crippen molar-refractivity contribution in [1.29, 1.82) is 0 Å². The maximum atomic E-state index is 12.5. The van der Waals surface area contributed by atoms with Gasteiger partial charge >= 0.3 is 0 Å². The van der Waals surface area contributed by atoms with Crippen molar-refractivity contribution in [3.8, 4) is 5.69 Å². The van der Waals surface area contributed by atoms with E-state index >= 15 is 0 Å². The van der Waals surface area contributed by atoms with Gasteiger partial charge in [0.25, 0.3) is 5.91 Å². The molecular weight excluding hydrogens is 362 g/mol. The van der Waals surface area contributed by atoms with Crippen molar-refractivity contribution < 1.29 is 13.2 Å². The topological polar surface area (TPSA) is 81.1 Å². The summed E-state index contributed by atoms with van der Waals surface area (Å²) in [6.07, 6.45) is 6.48. The predicted octanol–water partition coefficient (Wildman–Crippen LogP) is 2.91. The van der Waals surface area contributed by atoms with Crippen molar-refractivity contribution in [2.24, 2.45) is 0 Å². The summed E-state index contributed by atoms with van der Waals surface area (Å²) < 4.78 is 24.8. The van der Waals surface area contributed by atoms with Gasteiger partial charge in [-0.3, -0.25) is 4.79 Å². The van der Waals surface area contributed by atoms with E-state index < -0.39 is 9.84 Å². The lowest BCUT2D eigenvalue weighted by Crippen LogP contribution is -2.26. The number of nitrogens with zero attached hydrogens (tertiary/aromatic N) is 2. The third-order valence-corrected chi connectivity index (χ3v) is 5.02. The minimum absolute atomic E-state index is 0.0839. The standard InChI is InChI=1S/C20H21N3O3S/c1-15(17-6-8-19(9-7-17)23-11-10-21-14-23)22-20(24)18-5-3-4-16(12-18)13-27(2,25)26/h3-12,14-15H,13H2,1-2H3,(H,22,24)/t15-/m1/s1. The Bertz CT molecular complexity index is 1030. The Hall–Kier alpha value is -2.93. The van der Waals surface area contributed by atoms with Crippen LogP contribution in [0.25, 0.3) is 5.69 Å². The molecule has 3 rings (SSSR count). The highest BCUT2D eigenvalue weighted by Gasteiger charge is 2.13. The number of hydrogen-bond acceptors (Lipinski definition) is 4. The Labute approximate surface area is 158 Å². The number of rotatable bonds is 6. The van der Waals surface area contributed by atoms with Crippen molar-refractivity contribution in [2.45, 2.75) is 18.7 Å². The second-order valence-corrected chi connectivity index (χ2v) is 8.67. The van der Waals surface area contributed by atoms with Gasteiger partial charge in [-0.25, -0.2) is 13.4 Å². The molecule has 1 N–H and O–H groups in total. The van der Waals surface area contributed by atoms with Gasteiger partial charge in [-0.2, -0.15) is 0 Å². The number of aromatic nitrogens is 2. The van der Waals surface area contributed by atoms with Crippen LogP contribution in [-0.2, 0) is 15.6 Å². The Balaban J connectivity index is 1.69. The van der Waals surface area contributed by atoms with Crippen LogP contribution < -0.4 is 5.32 Å². The van der Waals surface area contributed by atoms with Gasteiger partial charge in [0.05, 0.1) is 18.1 Å². The van der Waals surface area contributed by atoms with E-state index in [4.69, 9.17) is 0 Å². The average molecular weight is 383 g/mol. The molecule has 0 saturated heterocycles. The molecule has 3 aromatic rings. The first-order valence-electron chi connectivity index (χ1n) is 8.48. The number of benzene rings is 2. The van der Waals surface area contributed by atoms with Gasteiger partial charge in [0.15, 0.2) is 9.84 Å². The van der Waals surface area contributed by atoms with Gasteiger partial charge in [0.2, 0.25) is 0 Å². The highest BCUT2D eigenvalue weighted by molar-refractivity contribution is 7.89. The van der Waals surface area contributed by atoms with E-state index in [1.165, 1.54) is 6.26 Å². The first kappa shape index (κ1) is 18.8. The minimum atomic E-state index is -3.15. The lowest BCUT2D eigenvalue weighted by molar-refractivity contribution is 0.0939. The zero-order valence-electron chi connectivity index (χ0n) is 15.2. The quantitative estimate of drug-likeness (QED) is 0.710. The molecule has 1 aromatic heterocycles. The normalized spacial score (nSPS) is 12.5. The van der Waals surface area contributed by atoms with Crippen LogP contribution in [0.1, 0.15) is 34.5 Å². The molecule has 140 valence electrons. The number of sulfone groups is 1. The molecule has 7 heteroatoms. The maximum absolute atomic E-state index is 12.5. The molecule has 0 aliphatic carbocycles. The first-order chi connectivity index (χ1) is 12.8. The van der Waals surface area contributed by atoms with Crippen LogP contribution >= 0.6 is 0 Å². The minimum Gasteiger partial charge on any atom is -0.346 e. The van der Waals surface area contributed by atoms with E-state index in [0.29, 0.717) is 11.1 Å². The van der Waals surface area contributed by atoms with Crippen LogP contribution in [-0.4, -0.2) is 30.1 Å². The fourth-order valence-electron chi connectivity index (χ4n) is 2.82. The second kappa shape index (κ2) is 7.75. The molecular formula is C20H21N3O3S. The number of imidazole rings is 1. The fourth-order valence-corrected chi connectivity index (χ4v) is 3.60. The molecule has 1 atom stereocenters. The molecule has 0 radical (unpaired) electrons. The predicted molar refractivity (Wildman–Crippen MR) is 104 cm³/mol. The SMILES string of the molecule is C[C@@H](NC(=O)c1cccc(CS(C)(=O)=O)c1)c1ccc(-n2ccnc2)cc1.